The molecule has 0 radical (unpaired) electrons. The van der Waals surface area contributed by atoms with E-state index in [9.17, 15) is 17.2 Å². The molecule has 0 atom stereocenters. The van der Waals surface area contributed by atoms with E-state index in [0.29, 0.717) is 0 Å². The maximum atomic E-state index is 13.5. The lowest BCUT2D eigenvalue weighted by Crippen LogP contribution is -2.17. The van der Waals surface area contributed by atoms with E-state index in [0.717, 1.165) is 12.3 Å². The van der Waals surface area contributed by atoms with Gasteiger partial charge in [0.25, 0.3) is 0 Å². The van der Waals surface area contributed by atoms with Crippen molar-refractivity contribution in [2.75, 3.05) is 6.26 Å². The molecule has 0 saturated heterocycles. The molecule has 1 aromatic rings. The molecule has 0 fully saturated rings. The fraction of sp³-hybridized carbons (Fsp3) is 0.500. The first-order valence-corrected chi connectivity index (χ1v) is 6.49. The number of nitrogens with zero attached hydrogens (tertiary/aromatic N) is 1. The summed E-state index contributed by atoms with van der Waals surface area (Å²) in [5.41, 5.74) is -0.578. The van der Waals surface area contributed by atoms with Crippen molar-refractivity contribution in [2.24, 2.45) is 0 Å². The second-order valence-electron chi connectivity index (χ2n) is 4.64. The van der Waals surface area contributed by atoms with Crippen LogP contribution >= 0.6 is 0 Å². The smallest absolute Gasteiger partial charge is 0.218 e. The number of halogens is 2. The van der Waals surface area contributed by atoms with Crippen molar-refractivity contribution >= 4 is 9.84 Å². The molecule has 0 aliphatic carbocycles. The van der Waals surface area contributed by atoms with E-state index in [1.165, 1.54) is 0 Å². The van der Waals surface area contributed by atoms with Crippen molar-refractivity contribution in [3.63, 3.8) is 0 Å². The van der Waals surface area contributed by atoms with Crippen molar-refractivity contribution < 1.29 is 17.2 Å². The highest BCUT2D eigenvalue weighted by atomic mass is 32.2. The highest BCUT2D eigenvalue weighted by Crippen LogP contribution is 2.26. The fourth-order valence-corrected chi connectivity index (χ4v) is 1.90. The molecule has 1 rings (SSSR count). The van der Waals surface area contributed by atoms with Crippen LogP contribution in [0, 0.1) is 11.8 Å². The van der Waals surface area contributed by atoms with Crippen molar-refractivity contribution in [3.8, 4) is 0 Å². The average Bonchev–Trinajstić information content (AvgIpc) is 2.04. The molecule has 3 nitrogen and oxygen atoms in total. The van der Waals surface area contributed by atoms with Crippen LogP contribution in [0.15, 0.2) is 11.1 Å². The van der Waals surface area contributed by atoms with Gasteiger partial charge in [-0.3, -0.25) is 0 Å². The van der Waals surface area contributed by atoms with Crippen LogP contribution in [-0.2, 0) is 15.3 Å². The first-order chi connectivity index (χ1) is 7.03. The minimum absolute atomic E-state index is 0.0531. The molecular formula is C10H13F2NO2S. The number of rotatable bonds is 1. The van der Waals surface area contributed by atoms with Crippen LogP contribution in [0.25, 0.3) is 0 Å². The normalized spacial score (nSPS) is 12.9. The Morgan fingerprint density at radius 3 is 2.12 bits per heavy atom. The Hall–Kier alpha value is -1.04. The van der Waals surface area contributed by atoms with Gasteiger partial charge in [0.05, 0.1) is 0 Å². The summed E-state index contributed by atoms with van der Waals surface area (Å²) in [6.45, 7) is 5.06. The van der Waals surface area contributed by atoms with Gasteiger partial charge in [-0.2, -0.15) is 4.39 Å². The zero-order chi connectivity index (χ0) is 12.7. The van der Waals surface area contributed by atoms with Crippen LogP contribution < -0.4 is 0 Å². The molecule has 0 N–H and O–H groups in total. The Morgan fingerprint density at radius 2 is 1.75 bits per heavy atom. The molecule has 0 bridgehead atoms. The predicted molar refractivity (Wildman–Crippen MR) is 56.0 cm³/mol. The SMILES string of the molecule is CC(C)(C)c1cc(F)c(S(C)(=O)=O)nc1F. The summed E-state index contributed by atoms with van der Waals surface area (Å²) in [6.07, 6.45) is 0.786. The topological polar surface area (TPSA) is 47.0 Å². The Morgan fingerprint density at radius 1 is 1.25 bits per heavy atom. The van der Waals surface area contributed by atoms with E-state index < -0.39 is 32.0 Å². The molecule has 0 amide bonds. The quantitative estimate of drug-likeness (QED) is 0.716. The number of pyridine rings is 1. The van der Waals surface area contributed by atoms with E-state index in [2.05, 4.69) is 4.98 Å². The van der Waals surface area contributed by atoms with Gasteiger partial charge in [0.15, 0.2) is 20.7 Å². The summed E-state index contributed by atoms with van der Waals surface area (Å²) in [5.74, 6) is -1.97. The molecular weight excluding hydrogens is 236 g/mol. The number of hydrogen-bond acceptors (Lipinski definition) is 3. The Bertz CT molecular complexity index is 518. The predicted octanol–water partition coefficient (Wildman–Crippen LogP) is 2.06. The van der Waals surface area contributed by atoms with Gasteiger partial charge in [-0.25, -0.2) is 17.8 Å². The van der Waals surface area contributed by atoms with E-state index in [-0.39, 0.29) is 5.56 Å². The minimum atomic E-state index is -3.84. The van der Waals surface area contributed by atoms with Gasteiger partial charge in [0.1, 0.15) is 0 Å². The lowest BCUT2D eigenvalue weighted by atomic mass is 9.88. The van der Waals surface area contributed by atoms with Gasteiger partial charge in [-0.05, 0) is 11.5 Å². The van der Waals surface area contributed by atoms with E-state index in [1.54, 1.807) is 20.8 Å². The molecule has 0 unspecified atom stereocenters. The maximum Gasteiger partial charge on any atom is 0.218 e. The van der Waals surface area contributed by atoms with Crippen LogP contribution in [-0.4, -0.2) is 19.7 Å². The molecule has 6 heteroatoms. The minimum Gasteiger partial charge on any atom is -0.222 e. The highest BCUT2D eigenvalue weighted by molar-refractivity contribution is 7.90. The summed E-state index contributed by atoms with van der Waals surface area (Å²) in [5, 5.41) is -0.849. The molecule has 0 aliphatic heterocycles. The molecule has 1 heterocycles. The molecule has 0 saturated carbocycles. The van der Waals surface area contributed by atoms with E-state index in [1.807, 2.05) is 0 Å². The summed E-state index contributed by atoms with van der Waals surface area (Å²) in [4.78, 5) is 3.18. The largest absolute Gasteiger partial charge is 0.222 e. The first kappa shape index (κ1) is 13.0. The highest BCUT2D eigenvalue weighted by Gasteiger charge is 2.25. The number of sulfone groups is 1. The molecule has 1 aromatic heterocycles. The first-order valence-electron chi connectivity index (χ1n) is 4.60. The lowest BCUT2D eigenvalue weighted by Gasteiger charge is -2.19. The zero-order valence-corrected chi connectivity index (χ0v) is 10.3. The standard InChI is InChI=1S/C10H13F2NO2S/c1-10(2,3)6-5-7(11)9(13-8(6)12)16(4,14)15/h5H,1-4H3. The van der Waals surface area contributed by atoms with Crippen molar-refractivity contribution in [2.45, 2.75) is 31.2 Å². The second-order valence-corrected chi connectivity index (χ2v) is 6.57. The fourth-order valence-electron chi connectivity index (χ4n) is 1.24. The molecule has 16 heavy (non-hydrogen) atoms. The Labute approximate surface area is 93.4 Å². The third-order valence-electron chi connectivity index (χ3n) is 2.06. The average molecular weight is 249 g/mol. The van der Waals surface area contributed by atoms with Gasteiger partial charge < -0.3 is 0 Å². The monoisotopic (exact) mass is 249 g/mol. The summed E-state index contributed by atoms with van der Waals surface area (Å²) >= 11 is 0. The van der Waals surface area contributed by atoms with Crippen LogP contribution in [0.4, 0.5) is 8.78 Å². The molecule has 90 valence electrons. The molecule has 0 aliphatic rings. The number of aromatic nitrogens is 1. The lowest BCUT2D eigenvalue weighted by molar-refractivity contribution is 0.463. The van der Waals surface area contributed by atoms with Crippen LogP contribution in [0.2, 0.25) is 0 Å². The van der Waals surface area contributed by atoms with E-state index in [4.69, 9.17) is 0 Å². The zero-order valence-electron chi connectivity index (χ0n) is 9.51. The van der Waals surface area contributed by atoms with Crippen LogP contribution in [0.1, 0.15) is 26.3 Å². The third kappa shape index (κ3) is 2.55. The third-order valence-corrected chi connectivity index (χ3v) is 3.05. The van der Waals surface area contributed by atoms with Gasteiger partial charge >= 0.3 is 0 Å². The Balaban J connectivity index is 3.52. The van der Waals surface area contributed by atoms with Crippen molar-refractivity contribution in [3.05, 3.63) is 23.4 Å². The number of hydrogen-bond donors (Lipinski definition) is 0. The van der Waals surface area contributed by atoms with Crippen LogP contribution in [0.3, 0.4) is 0 Å². The van der Waals surface area contributed by atoms with Gasteiger partial charge in [0.2, 0.25) is 5.95 Å². The summed E-state index contributed by atoms with van der Waals surface area (Å²) in [7, 11) is -3.84. The van der Waals surface area contributed by atoms with Crippen molar-refractivity contribution in [1.82, 2.24) is 4.98 Å². The molecule has 0 aromatic carbocycles. The summed E-state index contributed by atoms with van der Waals surface area (Å²) < 4.78 is 49.2. The van der Waals surface area contributed by atoms with Gasteiger partial charge in [-0.15, -0.1) is 0 Å². The Kier molecular flexibility index (Phi) is 3.06. The van der Waals surface area contributed by atoms with Gasteiger partial charge in [0, 0.05) is 11.8 Å². The maximum absolute atomic E-state index is 13.5. The van der Waals surface area contributed by atoms with Crippen molar-refractivity contribution in [1.29, 1.82) is 0 Å². The molecule has 0 spiro atoms. The summed E-state index contributed by atoms with van der Waals surface area (Å²) in [6, 6.07) is 0.888. The van der Waals surface area contributed by atoms with Gasteiger partial charge in [-0.1, -0.05) is 20.8 Å². The van der Waals surface area contributed by atoms with Crippen LogP contribution in [0.5, 0.6) is 0 Å². The second kappa shape index (κ2) is 3.76. The van der Waals surface area contributed by atoms with E-state index >= 15 is 0 Å².